The molecule has 13 heavy (non-hydrogen) atoms. The van der Waals surface area contributed by atoms with Gasteiger partial charge in [0.1, 0.15) is 0 Å². The molecule has 0 aromatic rings. The first-order chi connectivity index (χ1) is 6.13. The molecule has 1 aliphatic heterocycles. The van der Waals surface area contributed by atoms with Crippen LogP contribution in [0.2, 0.25) is 0 Å². The van der Waals surface area contributed by atoms with Crippen molar-refractivity contribution in [1.29, 1.82) is 0 Å². The zero-order valence-electron chi connectivity index (χ0n) is 8.19. The number of aliphatic hydroxyl groups is 1. The van der Waals surface area contributed by atoms with Crippen molar-refractivity contribution in [3.05, 3.63) is 0 Å². The largest absolute Gasteiger partial charge is 0.469 e. The fourth-order valence-corrected chi connectivity index (χ4v) is 1.64. The van der Waals surface area contributed by atoms with Gasteiger partial charge >= 0.3 is 5.97 Å². The molecular weight excluding hydrogens is 170 g/mol. The van der Waals surface area contributed by atoms with Gasteiger partial charge in [-0.3, -0.25) is 9.69 Å². The summed E-state index contributed by atoms with van der Waals surface area (Å²) in [5.41, 5.74) is 0. The maximum absolute atomic E-state index is 11.1. The molecule has 0 saturated carbocycles. The number of β-amino-alcohol motifs (C(OH)–C–C–N with tert-alkyl or cyclic N) is 1. The molecule has 4 nitrogen and oxygen atoms in total. The van der Waals surface area contributed by atoms with E-state index in [1.54, 1.807) is 0 Å². The highest BCUT2D eigenvalue weighted by Crippen LogP contribution is 2.11. The number of rotatable bonds is 3. The van der Waals surface area contributed by atoms with Gasteiger partial charge < -0.3 is 9.84 Å². The molecular formula is C9H17NO3. The van der Waals surface area contributed by atoms with Crippen LogP contribution < -0.4 is 0 Å². The van der Waals surface area contributed by atoms with E-state index in [2.05, 4.69) is 9.64 Å². The van der Waals surface area contributed by atoms with Crippen LogP contribution in [-0.4, -0.2) is 48.8 Å². The summed E-state index contributed by atoms with van der Waals surface area (Å²) in [5, 5.41) is 9.25. The fraction of sp³-hybridized carbons (Fsp3) is 0.889. The van der Waals surface area contributed by atoms with E-state index in [1.807, 2.05) is 6.92 Å². The number of hydrogen-bond acceptors (Lipinski definition) is 4. The van der Waals surface area contributed by atoms with Gasteiger partial charge in [0.15, 0.2) is 0 Å². The summed E-state index contributed by atoms with van der Waals surface area (Å²) in [4.78, 5) is 13.2. The van der Waals surface area contributed by atoms with Crippen LogP contribution in [0.15, 0.2) is 0 Å². The third-order valence-electron chi connectivity index (χ3n) is 2.38. The Kier molecular flexibility index (Phi) is 3.69. The number of carbonyl (C=O) groups is 1. The zero-order chi connectivity index (χ0) is 9.84. The zero-order valence-corrected chi connectivity index (χ0v) is 8.19. The van der Waals surface area contributed by atoms with E-state index in [1.165, 1.54) is 7.11 Å². The van der Waals surface area contributed by atoms with Crippen molar-refractivity contribution in [2.75, 3.05) is 26.7 Å². The smallest absolute Gasteiger partial charge is 0.309 e. The van der Waals surface area contributed by atoms with Crippen molar-refractivity contribution in [2.24, 2.45) is 5.92 Å². The molecule has 1 aliphatic rings. The van der Waals surface area contributed by atoms with Crippen molar-refractivity contribution in [3.8, 4) is 0 Å². The van der Waals surface area contributed by atoms with E-state index in [0.717, 1.165) is 13.0 Å². The molecule has 0 bridgehead atoms. The minimum Gasteiger partial charge on any atom is -0.469 e. The average Bonchev–Trinajstić information content (AvgIpc) is 2.49. The van der Waals surface area contributed by atoms with Crippen LogP contribution in [0.3, 0.4) is 0 Å². The summed E-state index contributed by atoms with van der Waals surface area (Å²) in [6, 6.07) is 0. The van der Waals surface area contributed by atoms with Gasteiger partial charge in [0, 0.05) is 19.6 Å². The number of ether oxygens (including phenoxy) is 1. The maximum atomic E-state index is 11.1. The maximum Gasteiger partial charge on any atom is 0.309 e. The number of hydrogen-bond donors (Lipinski definition) is 1. The second-order valence-electron chi connectivity index (χ2n) is 3.63. The lowest BCUT2D eigenvalue weighted by Crippen LogP contribution is -2.31. The first kappa shape index (κ1) is 10.5. The van der Waals surface area contributed by atoms with E-state index in [-0.39, 0.29) is 18.0 Å². The van der Waals surface area contributed by atoms with Gasteiger partial charge in [0.2, 0.25) is 0 Å². The first-order valence-electron chi connectivity index (χ1n) is 4.61. The van der Waals surface area contributed by atoms with E-state index >= 15 is 0 Å². The van der Waals surface area contributed by atoms with Crippen molar-refractivity contribution in [3.63, 3.8) is 0 Å². The molecule has 1 fully saturated rings. The standard InChI is InChI=1S/C9H17NO3/c1-7(9(12)13-2)5-10-4-3-8(11)6-10/h7-8,11H,3-6H2,1-2H3/t7?,8-/m0/s1. The minimum atomic E-state index is -0.218. The molecule has 1 N–H and O–H groups in total. The van der Waals surface area contributed by atoms with E-state index in [0.29, 0.717) is 13.1 Å². The van der Waals surface area contributed by atoms with Gasteiger partial charge in [0.25, 0.3) is 0 Å². The predicted molar refractivity (Wildman–Crippen MR) is 48.2 cm³/mol. The Labute approximate surface area is 78.5 Å². The molecule has 0 aromatic heterocycles. The fourth-order valence-electron chi connectivity index (χ4n) is 1.64. The molecule has 4 heteroatoms. The molecule has 0 radical (unpaired) electrons. The van der Waals surface area contributed by atoms with Gasteiger partial charge in [-0.15, -0.1) is 0 Å². The number of likely N-dealkylation sites (tertiary alicyclic amines) is 1. The van der Waals surface area contributed by atoms with Crippen LogP contribution >= 0.6 is 0 Å². The van der Waals surface area contributed by atoms with Crippen LogP contribution in [-0.2, 0) is 9.53 Å². The summed E-state index contributed by atoms with van der Waals surface area (Å²) >= 11 is 0. The van der Waals surface area contributed by atoms with Crippen molar-refractivity contribution < 1.29 is 14.6 Å². The van der Waals surface area contributed by atoms with Gasteiger partial charge in [-0.1, -0.05) is 6.92 Å². The van der Waals surface area contributed by atoms with Crippen LogP contribution in [0.25, 0.3) is 0 Å². The lowest BCUT2D eigenvalue weighted by atomic mass is 10.2. The second-order valence-corrected chi connectivity index (χ2v) is 3.63. The van der Waals surface area contributed by atoms with Crippen molar-refractivity contribution >= 4 is 5.97 Å². The Bertz CT molecular complexity index is 184. The lowest BCUT2D eigenvalue weighted by molar-refractivity contribution is -0.145. The number of aliphatic hydroxyl groups excluding tert-OH is 1. The molecule has 0 amide bonds. The van der Waals surface area contributed by atoms with Crippen LogP contribution in [0.1, 0.15) is 13.3 Å². The van der Waals surface area contributed by atoms with E-state index < -0.39 is 0 Å². The van der Waals surface area contributed by atoms with Gasteiger partial charge in [-0.25, -0.2) is 0 Å². The van der Waals surface area contributed by atoms with Gasteiger partial charge in [-0.05, 0) is 6.42 Å². The van der Waals surface area contributed by atoms with Crippen LogP contribution in [0.5, 0.6) is 0 Å². The summed E-state index contributed by atoms with van der Waals surface area (Å²) < 4.78 is 4.62. The van der Waals surface area contributed by atoms with Crippen LogP contribution in [0, 0.1) is 5.92 Å². The molecule has 1 rings (SSSR count). The Hall–Kier alpha value is -0.610. The third-order valence-corrected chi connectivity index (χ3v) is 2.38. The van der Waals surface area contributed by atoms with Crippen molar-refractivity contribution in [1.82, 2.24) is 4.90 Å². The Morgan fingerprint density at radius 3 is 2.92 bits per heavy atom. The number of methoxy groups -OCH3 is 1. The Morgan fingerprint density at radius 1 is 1.77 bits per heavy atom. The molecule has 0 spiro atoms. The summed E-state index contributed by atoms with van der Waals surface area (Å²) in [5.74, 6) is -0.281. The lowest BCUT2D eigenvalue weighted by Gasteiger charge is -2.18. The molecule has 0 aromatic carbocycles. The molecule has 76 valence electrons. The highest BCUT2D eigenvalue weighted by Gasteiger charge is 2.24. The summed E-state index contributed by atoms with van der Waals surface area (Å²) in [7, 11) is 1.40. The summed E-state index contributed by atoms with van der Waals surface area (Å²) in [6.45, 7) is 4.09. The SMILES string of the molecule is COC(=O)C(C)CN1CC[C@H](O)C1. The minimum absolute atomic E-state index is 0.102. The third kappa shape index (κ3) is 2.97. The van der Waals surface area contributed by atoms with Gasteiger partial charge in [-0.2, -0.15) is 0 Å². The average molecular weight is 187 g/mol. The highest BCUT2D eigenvalue weighted by atomic mass is 16.5. The first-order valence-corrected chi connectivity index (χ1v) is 4.61. The number of nitrogens with zero attached hydrogens (tertiary/aromatic N) is 1. The summed E-state index contributed by atoms with van der Waals surface area (Å²) in [6.07, 6.45) is 0.596. The van der Waals surface area contributed by atoms with Gasteiger partial charge in [0.05, 0.1) is 19.1 Å². The monoisotopic (exact) mass is 187 g/mol. The van der Waals surface area contributed by atoms with Crippen molar-refractivity contribution in [2.45, 2.75) is 19.4 Å². The molecule has 1 unspecified atom stereocenters. The second kappa shape index (κ2) is 4.58. The topological polar surface area (TPSA) is 49.8 Å². The number of carbonyl (C=O) groups excluding carboxylic acids is 1. The Balaban J connectivity index is 2.28. The van der Waals surface area contributed by atoms with E-state index in [9.17, 15) is 9.90 Å². The quantitative estimate of drug-likeness (QED) is 0.625. The predicted octanol–water partition coefficient (Wildman–Crippen LogP) is -0.138. The highest BCUT2D eigenvalue weighted by molar-refractivity contribution is 5.72. The molecule has 1 heterocycles. The molecule has 0 aliphatic carbocycles. The van der Waals surface area contributed by atoms with Crippen LogP contribution in [0.4, 0.5) is 0 Å². The normalized spacial score (nSPS) is 25.9. The van der Waals surface area contributed by atoms with E-state index in [4.69, 9.17) is 0 Å². The Morgan fingerprint density at radius 2 is 2.46 bits per heavy atom. The molecule has 1 saturated heterocycles. The number of esters is 1. The molecule has 2 atom stereocenters.